The van der Waals surface area contributed by atoms with E-state index in [1.807, 2.05) is 0 Å². The summed E-state index contributed by atoms with van der Waals surface area (Å²) in [5.74, 6) is 3.02. The van der Waals surface area contributed by atoms with Gasteiger partial charge >= 0.3 is 0 Å². The summed E-state index contributed by atoms with van der Waals surface area (Å²) in [7, 11) is 0. The van der Waals surface area contributed by atoms with Crippen LogP contribution in [0.2, 0.25) is 0 Å². The zero-order valence-electron chi connectivity index (χ0n) is 13.0. The molecule has 0 radical (unpaired) electrons. The topological polar surface area (TPSA) is 0 Å². The SMILES string of the molecule is C/C=C\CC(CC)CCCCCC1CCCC1C. The maximum atomic E-state index is 2.46. The Morgan fingerprint density at radius 2 is 2.00 bits per heavy atom. The lowest BCUT2D eigenvalue weighted by atomic mass is 9.90. The molecule has 0 aliphatic heterocycles. The summed E-state index contributed by atoms with van der Waals surface area (Å²) < 4.78 is 0. The summed E-state index contributed by atoms with van der Waals surface area (Å²) in [4.78, 5) is 0. The van der Waals surface area contributed by atoms with E-state index in [-0.39, 0.29) is 0 Å². The van der Waals surface area contributed by atoms with Crippen LogP contribution < -0.4 is 0 Å². The van der Waals surface area contributed by atoms with Crippen LogP contribution >= 0.6 is 0 Å². The first-order chi connectivity index (χ1) is 8.77. The molecule has 1 rings (SSSR count). The van der Waals surface area contributed by atoms with E-state index in [9.17, 15) is 0 Å². The first-order valence-electron chi connectivity index (χ1n) is 8.39. The molecule has 3 atom stereocenters. The Hall–Kier alpha value is -0.260. The van der Waals surface area contributed by atoms with Crippen LogP contribution in [0.15, 0.2) is 12.2 Å². The predicted molar refractivity (Wildman–Crippen MR) is 82.8 cm³/mol. The van der Waals surface area contributed by atoms with Crippen LogP contribution in [0.4, 0.5) is 0 Å². The van der Waals surface area contributed by atoms with Crippen LogP contribution in [0.25, 0.3) is 0 Å². The van der Waals surface area contributed by atoms with Gasteiger partial charge in [-0.3, -0.25) is 0 Å². The van der Waals surface area contributed by atoms with Gasteiger partial charge in [-0.2, -0.15) is 0 Å². The molecule has 0 heterocycles. The molecular weight excluding hydrogens is 216 g/mol. The van der Waals surface area contributed by atoms with Crippen molar-refractivity contribution in [2.24, 2.45) is 17.8 Å². The van der Waals surface area contributed by atoms with Crippen molar-refractivity contribution in [2.45, 2.75) is 85.0 Å². The summed E-state index contributed by atoms with van der Waals surface area (Å²) in [6, 6.07) is 0. The first-order valence-corrected chi connectivity index (χ1v) is 8.39. The minimum absolute atomic E-state index is 0.937. The standard InChI is InChI=1S/C18H34/c1-4-6-12-17(5-2)13-8-7-9-14-18-15-10-11-16(18)3/h4,6,16-18H,5,7-15H2,1-3H3/b6-4-. The average Bonchev–Trinajstić information content (AvgIpc) is 2.78. The van der Waals surface area contributed by atoms with Crippen molar-refractivity contribution >= 4 is 0 Å². The van der Waals surface area contributed by atoms with E-state index in [0.717, 1.165) is 17.8 Å². The summed E-state index contributed by atoms with van der Waals surface area (Å²) >= 11 is 0. The van der Waals surface area contributed by atoms with Gasteiger partial charge in [-0.15, -0.1) is 0 Å². The molecule has 18 heavy (non-hydrogen) atoms. The Morgan fingerprint density at radius 1 is 1.17 bits per heavy atom. The second-order valence-corrected chi connectivity index (χ2v) is 6.39. The van der Waals surface area contributed by atoms with Crippen LogP contribution in [0, 0.1) is 17.8 Å². The van der Waals surface area contributed by atoms with Crippen LogP contribution in [0.1, 0.15) is 85.0 Å². The smallest absolute Gasteiger partial charge is 0.0322 e. The van der Waals surface area contributed by atoms with Crippen molar-refractivity contribution in [3.63, 3.8) is 0 Å². The summed E-state index contributed by atoms with van der Waals surface area (Å²) in [6.07, 6.45) is 19.0. The molecule has 1 aliphatic rings. The third-order valence-electron chi connectivity index (χ3n) is 5.01. The maximum absolute atomic E-state index is 2.46. The van der Waals surface area contributed by atoms with Crippen molar-refractivity contribution in [1.29, 1.82) is 0 Å². The van der Waals surface area contributed by atoms with Crippen LogP contribution in [-0.4, -0.2) is 0 Å². The van der Waals surface area contributed by atoms with Gasteiger partial charge in [0, 0.05) is 0 Å². The molecular formula is C18H34. The molecule has 1 fully saturated rings. The minimum atomic E-state index is 0.937. The molecule has 106 valence electrons. The summed E-state index contributed by atoms with van der Waals surface area (Å²) in [5, 5.41) is 0. The zero-order chi connectivity index (χ0) is 13.2. The molecule has 0 aromatic heterocycles. The van der Waals surface area contributed by atoms with E-state index < -0.39 is 0 Å². The Kier molecular flexibility index (Phi) is 8.46. The highest BCUT2D eigenvalue weighted by Gasteiger charge is 2.22. The van der Waals surface area contributed by atoms with Gasteiger partial charge in [-0.05, 0) is 31.1 Å². The van der Waals surface area contributed by atoms with Gasteiger partial charge in [0.1, 0.15) is 0 Å². The van der Waals surface area contributed by atoms with Gasteiger partial charge in [0.15, 0.2) is 0 Å². The van der Waals surface area contributed by atoms with Gasteiger partial charge in [-0.1, -0.05) is 83.8 Å². The first kappa shape index (κ1) is 15.8. The molecule has 0 amide bonds. The van der Waals surface area contributed by atoms with E-state index in [4.69, 9.17) is 0 Å². The Balaban J connectivity index is 2.00. The van der Waals surface area contributed by atoms with Gasteiger partial charge in [0.25, 0.3) is 0 Å². The molecule has 0 aromatic rings. The lowest BCUT2D eigenvalue weighted by Gasteiger charge is -2.15. The summed E-state index contributed by atoms with van der Waals surface area (Å²) in [6.45, 7) is 6.94. The van der Waals surface area contributed by atoms with Crippen molar-refractivity contribution in [1.82, 2.24) is 0 Å². The van der Waals surface area contributed by atoms with E-state index in [1.54, 1.807) is 0 Å². The van der Waals surface area contributed by atoms with Crippen molar-refractivity contribution in [3.05, 3.63) is 12.2 Å². The highest BCUT2D eigenvalue weighted by molar-refractivity contribution is 4.80. The fraction of sp³-hybridized carbons (Fsp3) is 0.889. The van der Waals surface area contributed by atoms with Crippen LogP contribution in [-0.2, 0) is 0 Å². The molecule has 1 saturated carbocycles. The van der Waals surface area contributed by atoms with Crippen molar-refractivity contribution in [2.75, 3.05) is 0 Å². The highest BCUT2D eigenvalue weighted by Crippen LogP contribution is 2.34. The number of hydrogen-bond donors (Lipinski definition) is 0. The number of rotatable bonds is 9. The molecule has 0 spiro atoms. The molecule has 0 N–H and O–H groups in total. The Labute approximate surface area is 115 Å². The minimum Gasteiger partial charge on any atom is -0.0917 e. The van der Waals surface area contributed by atoms with Gasteiger partial charge < -0.3 is 0 Å². The maximum Gasteiger partial charge on any atom is -0.0322 e. The number of unbranched alkanes of at least 4 members (excludes halogenated alkanes) is 2. The number of allylic oxidation sites excluding steroid dienone is 2. The largest absolute Gasteiger partial charge is 0.0917 e. The normalized spacial score (nSPS) is 25.9. The highest BCUT2D eigenvalue weighted by atomic mass is 14.3. The van der Waals surface area contributed by atoms with Crippen LogP contribution in [0.5, 0.6) is 0 Å². The average molecular weight is 250 g/mol. The molecule has 0 bridgehead atoms. The second kappa shape index (κ2) is 9.64. The predicted octanol–water partition coefficient (Wildman–Crippen LogP) is 6.37. The van der Waals surface area contributed by atoms with E-state index >= 15 is 0 Å². The van der Waals surface area contributed by atoms with E-state index in [2.05, 4.69) is 32.9 Å². The zero-order valence-corrected chi connectivity index (χ0v) is 13.0. The fourth-order valence-corrected chi connectivity index (χ4v) is 3.48. The lowest BCUT2D eigenvalue weighted by Crippen LogP contribution is -2.03. The van der Waals surface area contributed by atoms with Gasteiger partial charge in [0.2, 0.25) is 0 Å². The molecule has 1 aliphatic carbocycles. The number of hydrogen-bond acceptors (Lipinski definition) is 0. The van der Waals surface area contributed by atoms with Crippen molar-refractivity contribution < 1.29 is 0 Å². The third kappa shape index (κ3) is 6.07. The monoisotopic (exact) mass is 250 g/mol. The molecule has 0 saturated heterocycles. The van der Waals surface area contributed by atoms with E-state index in [0.29, 0.717) is 0 Å². The summed E-state index contributed by atoms with van der Waals surface area (Å²) in [5.41, 5.74) is 0. The molecule has 0 nitrogen and oxygen atoms in total. The quantitative estimate of drug-likeness (QED) is 0.329. The van der Waals surface area contributed by atoms with E-state index in [1.165, 1.54) is 64.2 Å². The lowest BCUT2D eigenvalue weighted by molar-refractivity contribution is 0.367. The fourth-order valence-electron chi connectivity index (χ4n) is 3.48. The molecule has 0 heteroatoms. The molecule has 0 aromatic carbocycles. The Bertz CT molecular complexity index is 216. The van der Waals surface area contributed by atoms with Gasteiger partial charge in [0.05, 0.1) is 0 Å². The third-order valence-corrected chi connectivity index (χ3v) is 5.01. The second-order valence-electron chi connectivity index (χ2n) is 6.39. The molecule has 3 unspecified atom stereocenters. The van der Waals surface area contributed by atoms with Gasteiger partial charge in [-0.25, -0.2) is 0 Å². The Morgan fingerprint density at radius 3 is 2.61 bits per heavy atom. The van der Waals surface area contributed by atoms with Crippen LogP contribution in [0.3, 0.4) is 0 Å². The van der Waals surface area contributed by atoms with Crippen molar-refractivity contribution in [3.8, 4) is 0 Å².